The summed E-state index contributed by atoms with van der Waals surface area (Å²) in [6, 6.07) is 13.4. The molecule has 2 aromatic heterocycles. The van der Waals surface area contributed by atoms with Crippen LogP contribution in [0.15, 0.2) is 59.3 Å². The minimum Gasteiger partial charge on any atom is -0.459 e. The molecule has 0 amide bonds. The molecular formula is C14H12N2O. The molecule has 1 aromatic carbocycles. The number of nitrogens with zero attached hydrogens (tertiary/aromatic N) is 1. The number of rotatable bonds is 2. The van der Waals surface area contributed by atoms with E-state index in [4.69, 9.17) is 10.2 Å². The molecule has 0 aliphatic heterocycles. The van der Waals surface area contributed by atoms with Crippen LogP contribution >= 0.6 is 0 Å². The Bertz CT molecular complexity index is 598. The number of para-hydroxylation sites is 1. The van der Waals surface area contributed by atoms with Gasteiger partial charge in [-0.2, -0.15) is 0 Å². The molecule has 2 heterocycles. The molecule has 0 aliphatic carbocycles. The van der Waals surface area contributed by atoms with Crippen molar-refractivity contribution in [1.82, 2.24) is 4.98 Å². The van der Waals surface area contributed by atoms with Gasteiger partial charge in [0.2, 0.25) is 0 Å². The highest BCUT2D eigenvalue weighted by atomic mass is 16.3. The van der Waals surface area contributed by atoms with Crippen LogP contribution in [0, 0.1) is 0 Å². The second kappa shape index (κ2) is 4.03. The van der Waals surface area contributed by atoms with Crippen LogP contribution in [0.1, 0.15) is 17.4 Å². The zero-order valence-electron chi connectivity index (χ0n) is 9.21. The molecular weight excluding hydrogens is 212 g/mol. The Morgan fingerprint density at radius 3 is 2.59 bits per heavy atom. The van der Waals surface area contributed by atoms with Crippen LogP contribution in [0.4, 0.5) is 0 Å². The zero-order chi connectivity index (χ0) is 11.7. The summed E-state index contributed by atoms with van der Waals surface area (Å²) in [7, 11) is 0. The highest BCUT2D eigenvalue weighted by Gasteiger charge is 2.13. The Balaban J connectivity index is 2.04. The highest BCUT2D eigenvalue weighted by Crippen LogP contribution is 2.26. The van der Waals surface area contributed by atoms with Gasteiger partial charge in [-0.3, -0.25) is 4.98 Å². The van der Waals surface area contributed by atoms with E-state index in [1.54, 1.807) is 12.4 Å². The third kappa shape index (κ3) is 1.81. The lowest BCUT2D eigenvalue weighted by Gasteiger charge is -2.07. The van der Waals surface area contributed by atoms with Crippen LogP contribution in [-0.2, 0) is 0 Å². The summed E-state index contributed by atoms with van der Waals surface area (Å²) < 4.78 is 5.74. The maximum absolute atomic E-state index is 6.16. The van der Waals surface area contributed by atoms with Gasteiger partial charge in [-0.25, -0.2) is 0 Å². The molecule has 3 rings (SSSR count). The molecule has 0 aliphatic rings. The largest absolute Gasteiger partial charge is 0.459 e. The van der Waals surface area contributed by atoms with Gasteiger partial charge < -0.3 is 10.2 Å². The van der Waals surface area contributed by atoms with E-state index in [9.17, 15) is 0 Å². The van der Waals surface area contributed by atoms with Crippen molar-refractivity contribution < 1.29 is 4.42 Å². The Morgan fingerprint density at radius 1 is 1.06 bits per heavy atom. The van der Waals surface area contributed by atoms with E-state index in [-0.39, 0.29) is 6.04 Å². The third-order valence-electron chi connectivity index (χ3n) is 2.82. The summed E-state index contributed by atoms with van der Waals surface area (Å²) in [5.74, 6) is 0.775. The lowest BCUT2D eigenvalue weighted by atomic mass is 10.1. The molecule has 3 aromatic rings. The SMILES string of the molecule is N[C@H](c1ccncc1)c1cc2ccccc2o1. The Labute approximate surface area is 98.9 Å². The van der Waals surface area contributed by atoms with E-state index in [1.807, 2.05) is 42.5 Å². The predicted molar refractivity (Wildman–Crippen MR) is 66.5 cm³/mol. The molecule has 0 unspecified atom stereocenters. The molecule has 17 heavy (non-hydrogen) atoms. The van der Waals surface area contributed by atoms with Crippen LogP contribution in [0.5, 0.6) is 0 Å². The molecule has 0 saturated heterocycles. The summed E-state index contributed by atoms with van der Waals surface area (Å²) in [5.41, 5.74) is 8.03. The van der Waals surface area contributed by atoms with Gasteiger partial charge in [0.05, 0.1) is 6.04 Å². The number of benzene rings is 1. The van der Waals surface area contributed by atoms with Crippen LogP contribution in [-0.4, -0.2) is 4.98 Å². The number of aromatic nitrogens is 1. The number of nitrogens with two attached hydrogens (primary N) is 1. The number of hydrogen-bond donors (Lipinski definition) is 1. The molecule has 0 spiro atoms. The third-order valence-corrected chi connectivity index (χ3v) is 2.82. The quantitative estimate of drug-likeness (QED) is 0.728. The van der Waals surface area contributed by atoms with Gasteiger partial charge in [-0.1, -0.05) is 18.2 Å². The summed E-state index contributed by atoms with van der Waals surface area (Å²) in [4.78, 5) is 3.98. The molecule has 0 fully saturated rings. The molecule has 0 bridgehead atoms. The van der Waals surface area contributed by atoms with Crippen molar-refractivity contribution in [3.63, 3.8) is 0 Å². The normalized spacial score (nSPS) is 12.8. The molecule has 0 saturated carbocycles. The molecule has 3 heteroatoms. The van der Waals surface area contributed by atoms with E-state index in [0.29, 0.717) is 0 Å². The van der Waals surface area contributed by atoms with Crippen molar-refractivity contribution in [2.75, 3.05) is 0 Å². The average molecular weight is 224 g/mol. The maximum atomic E-state index is 6.16. The monoisotopic (exact) mass is 224 g/mol. The van der Waals surface area contributed by atoms with Gasteiger partial charge in [0.15, 0.2) is 0 Å². The fourth-order valence-electron chi connectivity index (χ4n) is 1.89. The molecule has 84 valence electrons. The van der Waals surface area contributed by atoms with Gasteiger partial charge in [0, 0.05) is 17.8 Å². The number of furan rings is 1. The van der Waals surface area contributed by atoms with Crippen LogP contribution in [0.3, 0.4) is 0 Å². The number of fused-ring (bicyclic) bond motifs is 1. The van der Waals surface area contributed by atoms with Crippen molar-refractivity contribution in [3.05, 3.63) is 66.2 Å². The van der Waals surface area contributed by atoms with Gasteiger partial charge in [-0.15, -0.1) is 0 Å². The van der Waals surface area contributed by atoms with Gasteiger partial charge in [-0.05, 0) is 29.8 Å². The Hall–Kier alpha value is -2.13. The van der Waals surface area contributed by atoms with Gasteiger partial charge in [0.1, 0.15) is 11.3 Å². The lowest BCUT2D eigenvalue weighted by molar-refractivity contribution is 0.525. The molecule has 3 nitrogen and oxygen atoms in total. The molecule has 2 N–H and O–H groups in total. The summed E-state index contributed by atoms with van der Waals surface area (Å²) in [6.07, 6.45) is 3.47. The summed E-state index contributed by atoms with van der Waals surface area (Å²) >= 11 is 0. The second-order valence-corrected chi connectivity index (χ2v) is 3.94. The predicted octanol–water partition coefficient (Wildman–Crippen LogP) is 2.88. The van der Waals surface area contributed by atoms with E-state index in [0.717, 1.165) is 22.3 Å². The van der Waals surface area contributed by atoms with Crippen LogP contribution in [0.25, 0.3) is 11.0 Å². The van der Waals surface area contributed by atoms with Crippen LogP contribution in [0.2, 0.25) is 0 Å². The minimum absolute atomic E-state index is 0.245. The second-order valence-electron chi connectivity index (χ2n) is 3.94. The first-order valence-electron chi connectivity index (χ1n) is 5.48. The first-order valence-corrected chi connectivity index (χ1v) is 5.48. The minimum atomic E-state index is -0.245. The topological polar surface area (TPSA) is 52.0 Å². The van der Waals surface area contributed by atoms with Gasteiger partial charge >= 0.3 is 0 Å². The van der Waals surface area contributed by atoms with Crippen molar-refractivity contribution in [3.8, 4) is 0 Å². The fourth-order valence-corrected chi connectivity index (χ4v) is 1.89. The zero-order valence-corrected chi connectivity index (χ0v) is 9.21. The van der Waals surface area contributed by atoms with E-state index < -0.39 is 0 Å². The van der Waals surface area contributed by atoms with Crippen molar-refractivity contribution in [2.45, 2.75) is 6.04 Å². The van der Waals surface area contributed by atoms with E-state index in [1.165, 1.54) is 0 Å². The summed E-state index contributed by atoms with van der Waals surface area (Å²) in [6.45, 7) is 0. The number of pyridine rings is 1. The Kier molecular flexibility index (Phi) is 2.38. The molecule has 0 radical (unpaired) electrons. The average Bonchev–Trinajstić information content (AvgIpc) is 2.82. The van der Waals surface area contributed by atoms with Crippen LogP contribution < -0.4 is 5.73 Å². The van der Waals surface area contributed by atoms with E-state index in [2.05, 4.69) is 4.98 Å². The van der Waals surface area contributed by atoms with Crippen molar-refractivity contribution >= 4 is 11.0 Å². The maximum Gasteiger partial charge on any atom is 0.134 e. The number of hydrogen-bond acceptors (Lipinski definition) is 3. The first-order chi connectivity index (χ1) is 8.34. The van der Waals surface area contributed by atoms with E-state index >= 15 is 0 Å². The molecule has 1 atom stereocenters. The first kappa shape index (κ1) is 10.1. The highest BCUT2D eigenvalue weighted by molar-refractivity contribution is 5.77. The fraction of sp³-hybridized carbons (Fsp3) is 0.0714. The standard InChI is InChI=1S/C14H12N2O/c15-14(10-5-7-16-8-6-10)13-9-11-3-1-2-4-12(11)17-13/h1-9,14H,15H2/t14-/m1/s1. The lowest BCUT2D eigenvalue weighted by Crippen LogP contribution is -2.10. The smallest absolute Gasteiger partial charge is 0.134 e. The van der Waals surface area contributed by atoms with Crippen molar-refractivity contribution in [1.29, 1.82) is 0 Å². The van der Waals surface area contributed by atoms with Crippen molar-refractivity contribution in [2.24, 2.45) is 5.73 Å². The Morgan fingerprint density at radius 2 is 1.82 bits per heavy atom. The van der Waals surface area contributed by atoms with Gasteiger partial charge in [0.25, 0.3) is 0 Å². The summed E-state index contributed by atoms with van der Waals surface area (Å²) in [5, 5.41) is 1.08.